The molecule has 4 heteroatoms. The van der Waals surface area contributed by atoms with Crippen molar-refractivity contribution in [2.75, 3.05) is 17.7 Å². The average Bonchev–Trinajstić information content (AvgIpc) is 2.55. The quantitative estimate of drug-likeness (QED) is 0.908. The van der Waals surface area contributed by atoms with Crippen molar-refractivity contribution in [1.29, 1.82) is 0 Å². The lowest BCUT2D eigenvalue weighted by atomic mass is 9.90. The zero-order valence-electron chi connectivity index (χ0n) is 12.1. The molecule has 0 aliphatic heterocycles. The van der Waals surface area contributed by atoms with Crippen LogP contribution in [0.15, 0.2) is 36.5 Å². The fourth-order valence-corrected chi connectivity index (χ4v) is 2.76. The number of aromatic nitrogens is 1. The van der Waals surface area contributed by atoms with Gasteiger partial charge >= 0.3 is 0 Å². The highest BCUT2D eigenvalue weighted by Crippen LogP contribution is 2.28. The molecule has 3 rings (SSSR count). The van der Waals surface area contributed by atoms with Crippen LogP contribution >= 0.6 is 0 Å². The van der Waals surface area contributed by atoms with Gasteiger partial charge in [-0.3, -0.25) is 4.79 Å². The molecule has 1 aromatic carbocycles. The minimum absolute atomic E-state index is 0.156. The summed E-state index contributed by atoms with van der Waals surface area (Å²) in [4.78, 5) is 16.5. The molecule has 2 N–H and O–H groups in total. The number of anilines is 2. The van der Waals surface area contributed by atoms with Gasteiger partial charge in [0.2, 0.25) is 0 Å². The van der Waals surface area contributed by atoms with Crippen LogP contribution < -0.4 is 10.6 Å². The summed E-state index contributed by atoms with van der Waals surface area (Å²) in [5.74, 6) is -0.156. The van der Waals surface area contributed by atoms with E-state index >= 15 is 0 Å². The molecule has 0 atom stereocenters. The van der Waals surface area contributed by atoms with E-state index in [9.17, 15) is 4.79 Å². The molecule has 0 unspecified atom stereocenters. The number of carbonyl (C=O) groups excluding carboxylic acids is 1. The maximum atomic E-state index is 12.3. The lowest BCUT2D eigenvalue weighted by Gasteiger charge is -2.19. The highest BCUT2D eigenvalue weighted by molar-refractivity contribution is 6.03. The molecule has 1 aliphatic rings. The number of hydrogen-bond donors (Lipinski definition) is 2. The van der Waals surface area contributed by atoms with Crippen LogP contribution in [0.2, 0.25) is 0 Å². The van der Waals surface area contributed by atoms with Crippen LogP contribution in [0.4, 0.5) is 11.4 Å². The Labute approximate surface area is 124 Å². The molecule has 1 heterocycles. The molecule has 0 saturated heterocycles. The number of fused-ring (bicyclic) bond motifs is 1. The normalized spacial score (nSPS) is 13.4. The summed E-state index contributed by atoms with van der Waals surface area (Å²) in [6, 6.07) is 9.73. The Morgan fingerprint density at radius 1 is 1.14 bits per heavy atom. The van der Waals surface area contributed by atoms with Crippen LogP contribution in [0, 0.1) is 0 Å². The molecule has 4 nitrogen and oxygen atoms in total. The first-order valence-corrected chi connectivity index (χ1v) is 7.34. The molecular formula is C17H19N3O. The zero-order valence-corrected chi connectivity index (χ0v) is 12.1. The molecule has 0 fully saturated rings. The van der Waals surface area contributed by atoms with Crippen molar-refractivity contribution in [2.24, 2.45) is 0 Å². The Morgan fingerprint density at radius 3 is 2.76 bits per heavy atom. The highest BCUT2D eigenvalue weighted by Gasteiger charge is 2.15. The Morgan fingerprint density at radius 2 is 2.00 bits per heavy atom. The van der Waals surface area contributed by atoms with Gasteiger partial charge in [0.15, 0.2) is 0 Å². The predicted octanol–water partition coefficient (Wildman–Crippen LogP) is 3.25. The summed E-state index contributed by atoms with van der Waals surface area (Å²) in [5.41, 5.74) is 4.89. The second-order valence-electron chi connectivity index (χ2n) is 5.29. The van der Waals surface area contributed by atoms with Crippen molar-refractivity contribution in [1.82, 2.24) is 4.98 Å². The smallest absolute Gasteiger partial charge is 0.274 e. The van der Waals surface area contributed by atoms with Gasteiger partial charge in [0.25, 0.3) is 5.91 Å². The van der Waals surface area contributed by atoms with Gasteiger partial charge in [0, 0.05) is 12.7 Å². The molecule has 21 heavy (non-hydrogen) atoms. The molecule has 0 saturated carbocycles. The largest absolute Gasteiger partial charge is 0.387 e. The third kappa shape index (κ3) is 2.89. The number of hydrogen-bond acceptors (Lipinski definition) is 3. The highest BCUT2D eigenvalue weighted by atomic mass is 16.1. The first kappa shape index (κ1) is 13.6. The molecule has 1 amide bonds. The van der Waals surface area contributed by atoms with Crippen LogP contribution in [0.3, 0.4) is 0 Å². The lowest BCUT2D eigenvalue weighted by molar-refractivity contribution is 0.102. The van der Waals surface area contributed by atoms with E-state index in [4.69, 9.17) is 0 Å². The first-order valence-electron chi connectivity index (χ1n) is 7.34. The second-order valence-corrected chi connectivity index (χ2v) is 5.29. The molecule has 0 bridgehead atoms. The Hall–Kier alpha value is -2.36. The maximum absolute atomic E-state index is 12.3. The van der Waals surface area contributed by atoms with Gasteiger partial charge in [-0.1, -0.05) is 12.1 Å². The maximum Gasteiger partial charge on any atom is 0.274 e. The van der Waals surface area contributed by atoms with Crippen molar-refractivity contribution >= 4 is 17.3 Å². The number of amides is 1. The topological polar surface area (TPSA) is 54.0 Å². The number of benzene rings is 1. The monoisotopic (exact) mass is 281 g/mol. The molecule has 0 spiro atoms. The Kier molecular flexibility index (Phi) is 3.86. The number of rotatable bonds is 3. The van der Waals surface area contributed by atoms with Crippen LogP contribution in [0.5, 0.6) is 0 Å². The standard InChI is InChI=1S/C17H19N3O/c1-18-13-9-10-16(19-11-13)17(21)20-15-8-4-6-12-5-2-3-7-14(12)15/h4,6,8-11,18H,2-3,5,7H2,1H3,(H,20,21). The summed E-state index contributed by atoms with van der Waals surface area (Å²) in [6.45, 7) is 0. The SMILES string of the molecule is CNc1ccc(C(=O)Nc2cccc3c2CCCC3)nc1. The van der Waals surface area contributed by atoms with Crippen LogP contribution in [0.1, 0.15) is 34.5 Å². The van der Waals surface area contributed by atoms with Crippen molar-refractivity contribution in [2.45, 2.75) is 25.7 Å². The fraction of sp³-hybridized carbons (Fsp3) is 0.294. The number of carbonyl (C=O) groups is 1. The summed E-state index contributed by atoms with van der Waals surface area (Å²) in [5, 5.41) is 5.99. The molecule has 2 aromatic rings. The number of nitrogens with one attached hydrogen (secondary N) is 2. The molecule has 0 radical (unpaired) electrons. The van der Waals surface area contributed by atoms with E-state index in [1.807, 2.05) is 25.2 Å². The van der Waals surface area contributed by atoms with Gasteiger partial charge in [-0.15, -0.1) is 0 Å². The van der Waals surface area contributed by atoms with Crippen molar-refractivity contribution in [3.63, 3.8) is 0 Å². The third-order valence-electron chi connectivity index (χ3n) is 3.93. The lowest BCUT2D eigenvalue weighted by Crippen LogP contribution is -2.16. The van der Waals surface area contributed by atoms with Crippen molar-refractivity contribution in [3.05, 3.63) is 53.3 Å². The Bertz CT molecular complexity index is 650. The minimum Gasteiger partial charge on any atom is -0.387 e. The van der Waals surface area contributed by atoms with Crippen LogP contribution in [0.25, 0.3) is 0 Å². The summed E-state index contributed by atoms with van der Waals surface area (Å²) < 4.78 is 0. The van der Waals surface area contributed by atoms with E-state index in [0.29, 0.717) is 5.69 Å². The van der Waals surface area contributed by atoms with Crippen molar-refractivity contribution in [3.8, 4) is 0 Å². The van der Waals surface area contributed by atoms with Gasteiger partial charge in [-0.05, 0) is 55.0 Å². The van der Waals surface area contributed by atoms with E-state index in [0.717, 1.165) is 24.2 Å². The van der Waals surface area contributed by atoms with Crippen molar-refractivity contribution < 1.29 is 4.79 Å². The summed E-state index contributed by atoms with van der Waals surface area (Å²) >= 11 is 0. The van der Waals surface area contributed by atoms with Gasteiger partial charge in [0.1, 0.15) is 5.69 Å². The van der Waals surface area contributed by atoms with Gasteiger partial charge < -0.3 is 10.6 Å². The van der Waals surface area contributed by atoms with E-state index < -0.39 is 0 Å². The van der Waals surface area contributed by atoms with E-state index in [1.165, 1.54) is 24.0 Å². The zero-order chi connectivity index (χ0) is 14.7. The third-order valence-corrected chi connectivity index (χ3v) is 3.93. The fourth-order valence-electron chi connectivity index (χ4n) is 2.76. The second kappa shape index (κ2) is 5.95. The summed E-state index contributed by atoms with van der Waals surface area (Å²) in [6.07, 6.45) is 6.23. The van der Waals surface area contributed by atoms with Crippen LogP contribution in [-0.4, -0.2) is 17.9 Å². The molecule has 1 aromatic heterocycles. The van der Waals surface area contributed by atoms with Gasteiger partial charge in [-0.25, -0.2) is 4.98 Å². The average molecular weight is 281 g/mol. The predicted molar refractivity (Wildman–Crippen MR) is 84.8 cm³/mol. The first-order chi connectivity index (χ1) is 10.3. The van der Waals surface area contributed by atoms with E-state index in [-0.39, 0.29) is 5.91 Å². The number of pyridine rings is 1. The van der Waals surface area contributed by atoms with E-state index in [1.54, 1.807) is 12.3 Å². The van der Waals surface area contributed by atoms with E-state index in [2.05, 4.69) is 21.7 Å². The molecule has 1 aliphatic carbocycles. The Balaban J connectivity index is 1.81. The number of nitrogens with zero attached hydrogens (tertiary/aromatic N) is 1. The molecular weight excluding hydrogens is 262 g/mol. The molecule has 108 valence electrons. The minimum atomic E-state index is -0.156. The summed E-state index contributed by atoms with van der Waals surface area (Å²) in [7, 11) is 1.83. The number of aryl methyl sites for hydroxylation is 1. The van der Waals surface area contributed by atoms with Gasteiger partial charge in [0.05, 0.1) is 11.9 Å². The van der Waals surface area contributed by atoms with Gasteiger partial charge in [-0.2, -0.15) is 0 Å². The van der Waals surface area contributed by atoms with Crippen LogP contribution in [-0.2, 0) is 12.8 Å².